The molecule has 2 saturated heterocycles. The van der Waals surface area contributed by atoms with Gasteiger partial charge >= 0.3 is 0 Å². The summed E-state index contributed by atoms with van der Waals surface area (Å²) in [5.74, 6) is -0.0899. The van der Waals surface area contributed by atoms with Crippen LogP contribution < -0.4 is 10.6 Å². The highest BCUT2D eigenvalue weighted by Crippen LogP contribution is 2.32. The van der Waals surface area contributed by atoms with Crippen LogP contribution in [0.15, 0.2) is 42.7 Å². The summed E-state index contributed by atoms with van der Waals surface area (Å²) >= 11 is 0. The molecular formula is C29H31F2N7O. The van der Waals surface area contributed by atoms with Crippen LogP contribution in [0.5, 0.6) is 0 Å². The fraction of sp³-hybridized carbons (Fsp3) is 0.379. The quantitative estimate of drug-likeness (QED) is 0.367. The number of nitrogens with zero attached hydrogens (tertiary/aromatic N) is 5. The molecule has 39 heavy (non-hydrogen) atoms. The minimum Gasteiger partial charge on any atom is -0.342 e. The van der Waals surface area contributed by atoms with Crippen molar-refractivity contribution in [3.63, 3.8) is 0 Å². The van der Waals surface area contributed by atoms with Crippen molar-refractivity contribution in [3.8, 4) is 11.3 Å². The van der Waals surface area contributed by atoms with Gasteiger partial charge in [-0.1, -0.05) is 0 Å². The van der Waals surface area contributed by atoms with Crippen LogP contribution in [0.3, 0.4) is 0 Å². The number of carbonyl (C=O) groups excluding carboxylic acids is 1. The number of rotatable bonds is 5. The predicted octanol–water partition coefficient (Wildman–Crippen LogP) is 5.23. The van der Waals surface area contributed by atoms with Gasteiger partial charge < -0.3 is 20.1 Å². The van der Waals surface area contributed by atoms with Gasteiger partial charge in [0.25, 0.3) is 5.91 Å². The van der Waals surface area contributed by atoms with Gasteiger partial charge in [0.1, 0.15) is 17.3 Å². The molecule has 0 saturated carbocycles. The number of aryl methyl sites for hydroxylation is 1. The number of aromatic nitrogens is 4. The number of halogens is 2. The zero-order chi connectivity index (χ0) is 27.3. The first-order chi connectivity index (χ1) is 18.8. The molecule has 0 aliphatic carbocycles. The van der Waals surface area contributed by atoms with Crippen molar-refractivity contribution in [2.24, 2.45) is 5.92 Å². The Kier molecular flexibility index (Phi) is 6.50. The van der Waals surface area contributed by atoms with Crippen LogP contribution in [-0.2, 0) is 0 Å². The molecule has 2 fully saturated rings. The molecule has 2 aliphatic rings. The summed E-state index contributed by atoms with van der Waals surface area (Å²) in [7, 11) is 0. The summed E-state index contributed by atoms with van der Waals surface area (Å²) in [6.07, 6.45) is 4.64. The number of hydrogen-bond acceptors (Lipinski definition) is 6. The zero-order valence-corrected chi connectivity index (χ0v) is 22.2. The second-order valence-corrected chi connectivity index (χ2v) is 10.7. The third-order valence-electron chi connectivity index (χ3n) is 7.83. The molecule has 1 amide bonds. The maximum absolute atomic E-state index is 15.0. The first-order valence-electron chi connectivity index (χ1n) is 13.4. The molecule has 0 unspecified atom stereocenters. The number of amides is 1. The normalized spacial score (nSPS) is 19.1. The van der Waals surface area contributed by atoms with Crippen LogP contribution in [0.2, 0.25) is 0 Å². The van der Waals surface area contributed by atoms with Crippen LogP contribution in [0.4, 0.5) is 20.5 Å². The van der Waals surface area contributed by atoms with Crippen molar-refractivity contribution in [2.75, 3.05) is 25.0 Å². The van der Waals surface area contributed by atoms with Crippen LogP contribution in [0, 0.1) is 24.5 Å². The maximum Gasteiger partial charge on any atom is 0.255 e. The number of fused-ring (bicyclic) bond motifs is 2. The van der Waals surface area contributed by atoms with Crippen LogP contribution >= 0.6 is 0 Å². The Morgan fingerprint density at radius 2 is 1.95 bits per heavy atom. The van der Waals surface area contributed by atoms with E-state index in [-0.39, 0.29) is 23.6 Å². The van der Waals surface area contributed by atoms with E-state index in [2.05, 4.69) is 25.6 Å². The minimum atomic E-state index is -0.659. The van der Waals surface area contributed by atoms with E-state index < -0.39 is 11.6 Å². The number of carbonyl (C=O) groups is 1. The summed E-state index contributed by atoms with van der Waals surface area (Å²) in [5, 5.41) is 6.97. The summed E-state index contributed by atoms with van der Waals surface area (Å²) in [6.45, 7) is 8.47. The Labute approximate surface area is 225 Å². The zero-order valence-electron chi connectivity index (χ0n) is 22.2. The maximum atomic E-state index is 15.0. The van der Waals surface area contributed by atoms with Gasteiger partial charge in [0, 0.05) is 48.0 Å². The highest BCUT2D eigenvalue weighted by atomic mass is 19.1. The summed E-state index contributed by atoms with van der Waals surface area (Å²) in [5.41, 5.74) is 2.42. The van der Waals surface area contributed by atoms with Gasteiger partial charge in [0.05, 0.1) is 17.3 Å². The Morgan fingerprint density at radius 1 is 1.10 bits per heavy atom. The van der Waals surface area contributed by atoms with Crippen molar-refractivity contribution >= 4 is 28.6 Å². The molecule has 6 rings (SSSR count). The van der Waals surface area contributed by atoms with E-state index in [0.717, 1.165) is 44.4 Å². The highest BCUT2D eigenvalue weighted by molar-refractivity contribution is 5.94. The SMILES string of the molecule is Cc1cc2c(F)cc(-c3nc(Nc4ccc(C(=O)N5CC[C@H]6NCC[C@H]6C5)cn4)ncc3F)cc2n1C(C)C. The van der Waals surface area contributed by atoms with Gasteiger partial charge in [0.15, 0.2) is 5.82 Å². The number of benzene rings is 1. The lowest BCUT2D eigenvalue weighted by atomic mass is 9.93. The predicted molar refractivity (Wildman–Crippen MR) is 146 cm³/mol. The van der Waals surface area contributed by atoms with Gasteiger partial charge in [-0.2, -0.15) is 0 Å². The van der Waals surface area contributed by atoms with Crippen molar-refractivity contribution in [3.05, 3.63) is 65.6 Å². The molecule has 2 atom stereocenters. The van der Waals surface area contributed by atoms with E-state index in [1.807, 2.05) is 30.2 Å². The van der Waals surface area contributed by atoms with Crippen molar-refractivity contribution < 1.29 is 13.6 Å². The number of likely N-dealkylation sites (tertiary alicyclic amines) is 1. The van der Waals surface area contributed by atoms with E-state index in [1.165, 1.54) is 12.3 Å². The Hall–Kier alpha value is -3.92. The lowest BCUT2D eigenvalue weighted by Gasteiger charge is -2.34. The van der Waals surface area contributed by atoms with Crippen LogP contribution in [-0.4, -0.2) is 56.0 Å². The summed E-state index contributed by atoms with van der Waals surface area (Å²) in [6, 6.07) is 8.86. The molecule has 0 bridgehead atoms. The molecule has 202 valence electrons. The van der Waals surface area contributed by atoms with E-state index in [1.54, 1.807) is 24.3 Å². The Balaban J connectivity index is 1.22. The molecule has 4 aromatic rings. The van der Waals surface area contributed by atoms with Crippen LogP contribution in [0.25, 0.3) is 22.2 Å². The van der Waals surface area contributed by atoms with Crippen LogP contribution in [0.1, 0.15) is 48.8 Å². The van der Waals surface area contributed by atoms with Gasteiger partial charge in [-0.05, 0) is 76.4 Å². The minimum absolute atomic E-state index is 0.0148. The average molecular weight is 532 g/mol. The molecule has 2 N–H and O–H groups in total. The first-order valence-corrected chi connectivity index (χ1v) is 13.4. The van der Waals surface area contributed by atoms with Gasteiger partial charge in [0.2, 0.25) is 5.95 Å². The Morgan fingerprint density at radius 3 is 2.72 bits per heavy atom. The molecule has 8 nitrogen and oxygen atoms in total. The molecule has 0 radical (unpaired) electrons. The molecular weight excluding hydrogens is 500 g/mol. The third-order valence-corrected chi connectivity index (χ3v) is 7.83. The van der Waals surface area contributed by atoms with E-state index in [0.29, 0.717) is 39.8 Å². The molecule has 10 heteroatoms. The van der Waals surface area contributed by atoms with Gasteiger partial charge in [-0.25, -0.2) is 23.7 Å². The summed E-state index contributed by atoms with van der Waals surface area (Å²) < 4.78 is 31.9. The third kappa shape index (κ3) is 4.73. The number of anilines is 2. The lowest BCUT2D eigenvalue weighted by Crippen LogP contribution is -2.46. The molecule has 3 aromatic heterocycles. The smallest absolute Gasteiger partial charge is 0.255 e. The van der Waals surface area contributed by atoms with E-state index in [9.17, 15) is 9.18 Å². The Bertz CT molecular complexity index is 1550. The van der Waals surface area contributed by atoms with E-state index >= 15 is 4.39 Å². The number of pyridine rings is 1. The number of hydrogen-bond donors (Lipinski definition) is 2. The van der Waals surface area contributed by atoms with Gasteiger partial charge in [-0.15, -0.1) is 0 Å². The monoisotopic (exact) mass is 531 g/mol. The first kappa shape index (κ1) is 25.4. The van der Waals surface area contributed by atoms with Crippen molar-refractivity contribution in [1.82, 2.24) is 29.7 Å². The molecule has 2 aliphatic heterocycles. The second-order valence-electron chi connectivity index (χ2n) is 10.7. The molecule has 5 heterocycles. The molecule has 0 spiro atoms. The average Bonchev–Trinajstić information content (AvgIpc) is 3.53. The standard InChI is InChI=1S/C29H31F2N7O/c1-16(2)38-17(3)10-21-22(30)11-20(12-25(21)38)27-23(31)14-34-29(36-27)35-26-5-4-18(13-33-26)28(39)37-9-7-24-19(15-37)6-8-32-24/h4-5,10-14,16,19,24,32H,6-9,15H2,1-3H3,(H,33,34,35,36)/t19-,24+/m0/s1. The van der Waals surface area contributed by atoms with Gasteiger partial charge in [-0.3, -0.25) is 4.79 Å². The fourth-order valence-electron chi connectivity index (χ4n) is 5.99. The topological polar surface area (TPSA) is 88.0 Å². The van der Waals surface area contributed by atoms with Crippen molar-refractivity contribution in [2.45, 2.75) is 45.7 Å². The summed E-state index contributed by atoms with van der Waals surface area (Å²) in [4.78, 5) is 27.7. The van der Waals surface area contributed by atoms with E-state index in [4.69, 9.17) is 0 Å². The highest BCUT2D eigenvalue weighted by Gasteiger charge is 2.34. The number of nitrogens with one attached hydrogen (secondary N) is 2. The number of piperidine rings is 1. The second kappa shape index (κ2) is 10.00. The lowest BCUT2D eigenvalue weighted by molar-refractivity contribution is 0.0661. The fourth-order valence-corrected chi connectivity index (χ4v) is 5.99. The van der Waals surface area contributed by atoms with Crippen molar-refractivity contribution in [1.29, 1.82) is 0 Å². The largest absolute Gasteiger partial charge is 0.342 e. The molecule has 1 aromatic carbocycles.